The van der Waals surface area contributed by atoms with Gasteiger partial charge in [-0.1, -0.05) is 0 Å². The molecule has 1 aliphatic rings. The topological polar surface area (TPSA) is 66.6 Å². The average molecular weight is 210 g/mol. The third kappa shape index (κ3) is 2.18. The van der Waals surface area contributed by atoms with Crippen LogP contribution in [0.5, 0.6) is 0 Å². The third-order valence-corrected chi connectivity index (χ3v) is 2.81. The Morgan fingerprint density at radius 2 is 2.27 bits per heavy atom. The van der Waals surface area contributed by atoms with Gasteiger partial charge in [-0.25, -0.2) is 9.78 Å². The molecular weight excluding hydrogens is 196 g/mol. The first-order valence-corrected chi connectivity index (χ1v) is 5.04. The maximum atomic E-state index is 10.6. The van der Waals surface area contributed by atoms with E-state index in [1.54, 1.807) is 0 Å². The molecule has 15 heavy (non-hydrogen) atoms. The van der Waals surface area contributed by atoms with E-state index < -0.39 is 5.97 Å². The highest BCUT2D eigenvalue weighted by atomic mass is 16.4. The number of oxazole rings is 1. The van der Waals surface area contributed by atoms with E-state index in [1.807, 2.05) is 0 Å². The molecule has 1 aliphatic heterocycles. The fraction of sp³-hybridized carbons (Fsp3) is 0.600. The van der Waals surface area contributed by atoms with Crippen LogP contribution in [-0.2, 0) is 0 Å². The van der Waals surface area contributed by atoms with Crippen LogP contribution in [0.1, 0.15) is 35.1 Å². The van der Waals surface area contributed by atoms with Crippen molar-refractivity contribution < 1.29 is 14.3 Å². The van der Waals surface area contributed by atoms with Crippen LogP contribution in [0, 0.1) is 0 Å². The largest absolute Gasteiger partial charge is 0.476 e. The van der Waals surface area contributed by atoms with Crippen molar-refractivity contribution in [3.05, 3.63) is 17.8 Å². The Morgan fingerprint density at radius 3 is 2.80 bits per heavy atom. The van der Waals surface area contributed by atoms with Crippen molar-refractivity contribution in [2.75, 3.05) is 20.1 Å². The van der Waals surface area contributed by atoms with Gasteiger partial charge in [-0.15, -0.1) is 0 Å². The fourth-order valence-corrected chi connectivity index (χ4v) is 1.83. The summed E-state index contributed by atoms with van der Waals surface area (Å²) in [5.41, 5.74) is 0.00364. The highest BCUT2D eigenvalue weighted by Gasteiger charge is 2.23. The second-order valence-corrected chi connectivity index (χ2v) is 3.95. The van der Waals surface area contributed by atoms with Gasteiger partial charge in [0.1, 0.15) is 6.26 Å². The first-order valence-electron chi connectivity index (χ1n) is 5.04. The number of piperidine rings is 1. The lowest BCUT2D eigenvalue weighted by molar-refractivity contribution is 0.0690. The van der Waals surface area contributed by atoms with Gasteiger partial charge in [-0.05, 0) is 33.0 Å². The summed E-state index contributed by atoms with van der Waals surface area (Å²) in [5.74, 6) is -0.187. The smallest absolute Gasteiger partial charge is 0.357 e. The Labute approximate surface area is 87.7 Å². The summed E-state index contributed by atoms with van der Waals surface area (Å²) in [6.45, 7) is 2.02. The number of carboxylic acids is 1. The molecule has 0 radical (unpaired) electrons. The number of aromatic nitrogens is 1. The van der Waals surface area contributed by atoms with Crippen LogP contribution in [0.15, 0.2) is 10.7 Å². The van der Waals surface area contributed by atoms with Crippen LogP contribution < -0.4 is 0 Å². The predicted molar refractivity (Wildman–Crippen MR) is 52.9 cm³/mol. The van der Waals surface area contributed by atoms with Crippen molar-refractivity contribution in [1.82, 2.24) is 9.88 Å². The van der Waals surface area contributed by atoms with Gasteiger partial charge in [0.2, 0.25) is 0 Å². The van der Waals surface area contributed by atoms with Crippen LogP contribution in [0.4, 0.5) is 0 Å². The lowest BCUT2D eigenvalue weighted by atomic mass is 9.97. The molecule has 1 fully saturated rings. The molecule has 1 saturated heterocycles. The van der Waals surface area contributed by atoms with Crippen LogP contribution in [0.3, 0.4) is 0 Å². The van der Waals surface area contributed by atoms with Gasteiger partial charge in [0.25, 0.3) is 0 Å². The first kappa shape index (κ1) is 10.2. The minimum absolute atomic E-state index is 0.00364. The van der Waals surface area contributed by atoms with E-state index in [2.05, 4.69) is 16.9 Å². The molecule has 2 heterocycles. The lowest BCUT2D eigenvalue weighted by Crippen LogP contribution is -2.29. The van der Waals surface area contributed by atoms with Gasteiger partial charge in [-0.2, -0.15) is 0 Å². The highest BCUT2D eigenvalue weighted by molar-refractivity contribution is 5.84. The summed E-state index contributed by atoms with van der Waals surface area (Å²) in [5, 5.41) is 8.71. The molecular formula is C10H14N2O3. The molecule has 0 saturated carbocycles. The van der Waals surface area contributed by atoms with Crippen LogP contribution >= 0.6 is 0 Å². The molecule has 5 nitrogen and oxygen atoms in total. The molecule has 2 rings (SSSR count). The van der Waals surface area contributed by atoms with E-state index in [0.29, 0.717) is 5.89 Å². The Bertz CT molecular complexity index is 353. The number of carboxylic acid groups (broad SMARTS) is 1. The van der Waals surface area contributed by atoms with E-state index in [-0.39, 0.29) is 11.6 Å². The monoisotopic (exact) mass is 210 g/mol. The van der Waals surface area contributed by atoms with E-state index >= 15 is 0 Å². The zero-order valence-corrected chi connectivity index (χ0v) is 8.64. The molecule has 0 spiro atoms. The lowest BCUT2D eigenvalue weighted by Gasteiger charge is -2.26. The van der Waals surface area contributed by atoms with Gasteiger partial charge in [0.15, 0.2) is 11.6 Å². The van der Waals surface area contributed by atoms with E-state index in [4.69, 9.17) is 9.52 Å². The van der Waals surface area contributed by atoms with E-state index in [9.17, 15) is 4.79 Å². The Morgan fingerprint density at radius 1 is 1.60 bits per heavy atom. The molecule has 0 bridgehead atoms. The first-order chi connectivity index (χ1) is 7.16. The van der Waals surface area contributed by atoms with Gasteiger partial charge in [0, 0.05) is 5.92 Å². The minimum Gasteiger partial charge on any atom is -0.476 e. The van der Waals surface area contributed by atoms with Gasteiger partial charge >= 0.3 is 5.97 Å². The summed E-state index contributed by atoms with van der Waals surface area (Å²) in [6.07, 6.45) is 3.18. The third-order valence-electron chi connectivity index (χ3n) is 2.81. The van der Waals surface area contributed by atoms with Gasteiger partial charge in [-0.3, -0.25) is 0 Å². The Balaban J connectivity index is 2.06. The number of rotatable bonds is 2. The van der Waals surface area contributed by atoms with Crippen molar-refractivity contribution in [2.24, 2.45) is 0 Å². The number of nitrogens with zero attached hydrogens (tertiary/aromatic N) is 2. The van der Waals surface area contributed by atoms with Crippen molar-refractivity contribution in [3.8, 4) is 0 Å². The predicted octanol–water partition coefficient (Wildman–Crippen LogP) is 1.18. The molecule has 0 aromatic carbocycles. The van der Waals surface area contributed by atoms with Crippen molar-refractivity contribution >= 4 is 5.97 Å². The van der Waals surface area contributed by atoms with Crippen molar-refractivity contribution in [1.29, 1.82) is 0 Å². The second-order valence-electron chi connectivity index (χ2n) is 3.95. The number of hydrogen-bond acceptors (Lipinski definition) is 4. The zero-order valence-electron chi connectivity index (χ0n) is 8.64. The average Bonchev–Trinajstić information content (AvgIpc) is 2.68. The molecule has 0 unspecified atom stereocenters. The molecule has 82 valence electrons. The van der Waals surface area contributed by atoms with Crippen LogP contribution in [0.2, 0.25) is 0 Å². The summed E-state index contributed by atoms with van der Waals surface area (Å²) < 4.78 is 5.19. The summed E-state index contributed by atoms with van der Waals surface area (Å²) in [4.78, 5) is 16.8. The minimum atomic E-state index is -1.03. The standard InChI is InChI=1S/C10H14N2O3/c1-12-4-2-7(3-5-12)9-11-8(6-15-9)10(13)14/h6-7H,2-5H2,1H3,(H,13,14). The number of carbonyl (C=O) groups is 1. The highest BCUT2D eigenvalue weighted by Crippen LogP contribution is 2.26. The zero-order chi connectivity index (χ0) is 10.8. The normalized spacial score (nSPS) is 19.3. The fourth-order valence-electron chi connectivity index (χ4n) is 1.83. The molecule has 5 heteroatoms. The number of aromatic carboxylic acids is 1. The Hall–Kier alpha value is -1.36. The number of hydrogen-bond donors (Lipinski definition) is 1. The number of likely N-dealkylation sites (tertiary alicyclic amines) is 1. The van der Waals surface area contributed by atoms with Crippen LogP contribution in [-0.4, -0.2) is 41.1 Å². The van der Waals surface area contributed by atoms with E-state index in [0.717, 1.165) is 25.9 Å². The van der Waals surface area contributed by atoms with Crippen molar-refractivity contribution in [2.45, 2.75) is 18.8 Å². The molecule has 1 aromatic heterocycles. The summed E-state index contributed by atoms with van der Waals surface area (Å²) in [6, 6.07) is 0. The van der Waals surface area contributed by atoms with E-state index in [1.165, 1.54) is 6.26 Å². The molecule has 0 amide bonds. The summed E-state index contributed by atoms with van der Waals surface area (Å²) in [7, 11) is 2.08. The molecule has 1 N–H and O–H groups in total. The summed E-state index contributed by atoms with van der Waals surface area (Å²) >= 11 is 0. The SMILES string of the molecule is CN1CCC(c2nc(C(=O)O)co2)CC1. The molecule has 0 atom stereocenters. The molecule has 1 aromatic rings. The quantitative estimate of drug-likeness (QED) is 0.794. The Kier molecular flexibility index (Phi) is 2.73. The maximum Gasteiger partial charge on any atom is 0.357 e. The second kappa shape index (κ2) is 4.02. The van der Waals surface area contributed by atoms with Gasteiger partial charge < -0.3 is 14.4 Å². The molecule has 0 aliphatic carbocycles. The van der Waals surface area contributed by atoms with Crippen LogP contribution in [0.25, 0.3) is 0 Å². The van der Waals surface area contributed by atoms with Crippen molar-refractivity contribution in [3.63, 3.8) is 0 Å². The van der Waals surface area contributed by atoms with Gasteiger partial charge in [0.05, 0.1) is 0 Å². The maximum absolute atomic E-state index is 10.6.